The number of aliphatic hydroxyl groups excluding tert-OH is 1. The van der Waals surface area contributed by atoms with Crippen molar-refractivity contribution in [3.8, 4) is 5.75 Å². The summed E-state index contributed by atoms with van der Waals surface area (Å²) in [7, 11) is 1.63. The summed E-state index contributed by atoms with van der Waals surface area (Å²) in [5.41, 5.74) is 6.54. The van der Waals surface area contributed by atoms with Crippen LogP contribution in [-0.4, -0.2) is 25.4 Å². The summed E-state index contributed by atoms with van der Waals surface area (Å²) in [6, 6.07) is 7.58. The smallest absolute Gasteiger partial charge is 0.118 e. The second-order valence-electron chi connectivity index (χ2n) is 2.89. The number of hydrogen-bond acceptors (Lipinski definition) is 3. The van der Waals surface area contributed by atoms with Gasteiger partial charge in [-0.25, -0.2) is 0 Å². The lowest BCUT2D eigenvalue weighted by Crippen LogP contribution is -2.15. The van der Waals surface area contributed by atoms with Gasteiger partial charge in [0.05, 0.1) is 13.7 Å². The van der Waals surface area contributed by atoms with Crippen LogP contribution in [0, 0.1) is 0 Å². The van der Waals surface area contributed by atoms with Crippen molar-refractivity contribution in [3.63, 3.8) is 0 Å². The van der Waals surface area contributed by atoms with E-state index in [0.29, 0.717) is 6.54 Å². The van der Waals surface area contributed by atoms with E-state index in [1.54, 1.807) is 7.11 Å². The Morgan fingerprint density at radius 1 is 1.38 bits per heavy atom. The standard InChI is InChI=1S/C10H15NO2/c1-13-10-4-2-8(3-5-10)9(6-11)7-12/h2-5,9,12H,6-7,11H2,1H3/t9-/m0/s1. The van der Waals surface area contributed by atoms with Crippen molar-refractivity contribution >= 4 is 0 Å². The van der Waals surface area contributed by atoms with Crippen LogP contribution in [0.4, 0.5) is 0 Å². The number of rotatable bonds is 4. The highest BCUT2D eigenvalue weighted by Crippen LogP contribution is 2.17. The van der Waals surface area contributed by atoms with Crippen molar-refractivity contribution in [2.45, 2.75) is 5.92 Å². The quantitative estimate of drug-likeness (QED) is 0.720. The number of ether oxygens (including phenoxy) is 1. The zero-order valence-corrected chi connectivity index (χ0v) is 7.73. The molecule has 0 amide bonds. The van der Waals surface area contributed by atoms with E-state index in [9.17, 15) is 0 Å². The second kappa shape index (κ2) is 4.84. The topological polar surface area (TPSA) is 55.5 Å². The fourth-order valence-electron chi connectivity index (χ4n) is 1.19. The van der Waals surface area contributed by atoms with Gasteiger partial charge < -0.3 is 15.6 Å². The summed E-state index contributed by atoms with van der Waals surface area (Å²) in [4.78, 5) is 0. The van der Waals surface area contributed by atoms with Gasteiger partial charge in [-0.2, -0.15) is 0 Å². The molecular weight excluding hydrogens is 166 g/mol. The predicted molar refractivity (Wildman–Crippen MR) is 51.9 cm³/mol. The Hall–Kier alpha value is -1.06. The number of benzene rings is 1. The molecule has 1 rings (SSSR count). The Morgan fingerprint density at radius 3 is 2.38 bits per heavy atom. The van der Waals surface area contributed by atoms with Crippen LogP contribution in [0.25, 0.3) is 0 Å². The summed E-state index contributed by atoms with van der Waals surface area (Å²) in [5.74, 6) is 0.850. The Bertz CT molecular complexity index is 242. The fourth-order valence-corrected chi connectivity index (χ4v) is 1.19. The molecule has 0 saturated carbocycles. The van der Waals surface area contributed by atoms with Crippen LogP contribution in [0.15, 0.2) is 24.3 Å². The maximum absolute atomic E-state index is 8.99. The van der Waals surface area contributed by atoms with E-state index in [-0.39, 0.29) is 12.5 Å². The maximum atomic E-state index is 8.99. The molecule has 3 N–H and O–H groups in total. The van der Waals surface area contributed by atoms with Gasteiger partial charge in [-0.05, 0) is 17.7 Å². The molecule has 0 bridgehead atoms. The van der Waals surface area contributed by atoms with Crippen molar-refractivity contribution in [1.82, 2.24) is 0 Å². The third kappa shape index (κ3) is 2.44. The van der Waals surface area contributed by atoms with E-state index < -0.39 is 0 Å². The normalized spacial score (nSPS) is 12.5. The first kappa shape index (κ1) is 10.0. The number of nitrogens with two attached hydrogens (primary N) is 1. The van der Waals surface area contributed by atoms with Gasteiger partial charge in [0.2, 0.25) is 0 Å². The minimum Gasteiger partial charge on any atom is -0.497 e. The summed E-state index contributed by atoms with van der Waals surface area (Å²) in [6.07, 6.45) is 0. The van der Waals surface area contributed by atoms with Gasteiger partial charge in [0.1, 0.15) is 5.75 Å². The number of methoxy groups -OCH3 is 1. The minimum absolute atomic E-state index is 0.0332. The first-order valence-corrected chi connectivity index (χ1v) is 4.26. The molecule has 1 aromatic rings. The van der Waals surface area contributed by atoms with E-state index in [0.717, 1.165) is 11.3 Å². The zero-order chi connectivity index (χ0) is 9.68. The lowest BCUT2D eigenvalue weighted by atomic mass is 10.0. The molecule has 0 aliphatic heterocycles. The predicted octanol–water partition coefficient (Wildman–Crippen LogP) is 0.730. The molecule has 0 unspecified atom stereocenters. The second-order valence-corrected chi connectivity index (χ2v) is 2.89. The van der Waals surface area contributed by atoms with Crippen molar-refractivity contribution in [2.24, 2.45) is 5.73 Å². The van der Waals surface area contributed by atoms with Crippen LogP contribution in [0.2, 0.25) is 0 Å². The van der Waals surface area contributed by atoms with Crippen LogP contribution >= 0.6 is 0 Å². The van der Waals surface area contributed by atoms with E-state index in [4.69, 9.17) is 15.6 Å². The lowest BCUT2D eigenvalue weighted by Gasteiger charge is -2.11. The van der Waals surface area contributed by atoms with Gasteiger partial charge in [0.25, 0.3) is 0 Å². The molecule has 3 heteroatoms. The molecule has 72 valence electrons. The molecule has 0 heterocycles. The zero-order valence-electron chi connectivity index (χ0n) is 7.73. The van der Waals surface area contributed by atoms with E-state index in [2.05, 4.69) is 0 Å². The molecule has 13 heavy (non-hydrogen) atoms. The first-order valence-electron chi connectivity index (χ1n) is 4.26. The third-order valence-electron chi connectivity index (χ3n) is 2.09. The third-order valence-corrected chi connectivity index (χ3v) is 2.09. The minimum atomic E-state index is 0.0332. The van der Waals surface area contributed by atoms with Crippen LogP contribution in [-0.2, 0) is 0 Å². The van der Waals surface area contributed by atoms with Crippen molar-refractivity contribution in [2.75, 3.05) is 20.3 Å². The molecular formula is C10H15NO2. The summed E-state index contributed by atoms with van der Waals surface area (Å²) >= 11 is 0. The number of hydrogen-bond donors (Lipinski definition) is 2. The van der Waals surface area contributed by atoms with Crippen molar-refractivity contribution in [1.29, 1.82) is 0 Å². The van der Waals surface area contributed by atoms with E-state index in [1.165, 1.54) is 0 Å². The average molecular weight is 181 g/mol. The highest BCUT2D eigenvalue weighted by Gasteiger charge is 2.07. The molecule has 0 radical (unpaired) electrons. The first-order chi connectivity index (χ1) is 6.31. The van der Waals surface area contributed by atoms with E-state index in [1.807, 2.05) is 24.3 Å². The highest BCUT2D eigenvalue weighted by atomic mass is 16.5. The van der Waals surface area contributed by atoms with Gasteiger partial charge in [-0.15, -0.1) is 0 Å². The van der Waals surface area contributed by atoms with Gasteiger partial charge in [-0.1, -0.05) is 12.1 Å². The maximum Gasteiger partial charge on any atom is 0.118 e. The molecule has 1 atom stereocenters. The summed E-state index contributed by atoms with van der Waals surface area (Å²) in [5, 5.41) is 8.99. The Morgan fingerprint density at radius 2 is 2.00 bits per heavy atom. The fraction of sp³-hybridized carbons (Fsp3) is 0.400. The Kier molecular flexibility index (Phi) is 3.73. The Labute approximate surface area is 78.1 Å². The van der Waals surface area contributed by atoms with Crippen molar-refractivity contribution < 1.29 is 9.84 Å². The van der Waals surface area contributed by atoms with Gasteiger partial charge in [0.15, 0.2) is 0 Å². The molecule has 0 spiro atoms. The molecule has 1 aromatic carbocycles. The van der Waals surface area contributed by atoms with Gasteiger partial charge in [-0.3, -0.25) is 0 Å². The SMILES string of the molecule is COc1ccc([C@@H](CN)CO)cc1. The van der Waals surface area contributed by atoms with Crippen LogP contribution in [0.5, 0.6) is 5.75 Å². The molecule has 0 aromatic heterocycles. The summed E-state index contributed by atoms with van der Waals surface area (Å²) in [6.45, 7) is 0.547. The average Bonchev–Trinajstić information content (AvgIpc) is 2.21. The van der Waals surface area contributed by atoms with Gasteiger partial charge in [0, 0.05) is 12.5 Å². The molecule has 0 fully saturated rings. The monoisotopic (exact) mass is 181 g/mol. The molecule has 0 aliphatic rings. The Balaban J connectivity index is 2.78. The van der Waals surface area contributed by atoms with E-state index >= 15 is 0 Å². The molecule has 0 saturated heterocycles. The summed E-state index contributed by atoms with van der Waals surface area (Å²) < 4.78 is 5.02. The highest BCUT2D eigenvalue weighted by molar-refractivity contribution is 5.29. The van der Waals surface area contributed by atoms with Crippen LogP contribution < -0.4 is 10.5 Å². The van der Waals surface area contributed by atoms with Gasteiger partial charge >= 0.3 is 0 Å². The lowest BCUT2D eigenvalue weighted by molar-refractivity contribution is 0.267. The molecule has 0 aliphatic carbocycles. The van der Waals surface area contributed by atoms with Crippen molar-refractivity contribution in [3.05, 3.63) is 29.8 Å². The van der Waals surface area contributed by atoms with Crippen LogP contribution in [0.1, 0.15) is 11.5 Å². The molecule has 3 nitrogen and oxygen atoms in total. The largest absolute Gasteiger partial charge is 0.497 e. The van der Waals surface area contributed by atoms with Crippen LogP contribution in [0.3, 0.4) is 0 Å². The number of aliphatic hydroxyl groups is 1.